The maximum atomic E-state index is 12.0. The maximum absolute atomic E-state index is 12.0. The van der Waals surface area contributed by atoms with Crippen LogP contribution in [0.1, 0.15) is 47.4 Å². The lowest BCUT2D eigenvalue weighted by molar-refractivity contribution is 0.240. The molecule has 0 unspecified atom stereocenters. The molecule has 0 saturated heterocycles. The third-order valence-electron chi connectivity index (χ3n) is 4.41. The highest BCUT2D eigenvalue weighted by Crippen LogP contribution is 2.45. The molecule has 0 spiro atoms. The summed E-state index contributed by atoms with van der Waals surface area (Å²) in [6, 6.07) is 5.57. The van der Waals surface area contributed by atoms with Crippen molar-refractivity contribution >= 4 is 40.6 Å². The van der Waals surface area contributed by atoms with Crippen LogP contribution in [0.2, 0.25) is 10.0 Å². The minimum atomic E-state index is -0.165. The quantitative estimate of drug-likeness (QED) is 0.789. The van der Waals surface area contributed by atoms with Crippen molar-refractivity contribution in [1.29, 1.82) is 0 Å². The smallest absolute Gasteiger partial charge is 0.315 e. The molecule has 2 amide bonds. The lowest BCUT2D eigenvalue weighted by Crippen LogP contribution is -2.37. The van der Waals surface area contributed by atoms with Crippen LogP contribution in [0.25, 0.3) is 0 Å². The van der Waals surface area contributed by atoms with Gasteiger partial charge in [0.15, 0.2) is 0 Å². The van der Waals surface area contributed by atoms with E-state index < -0.39 is 0 Å². The number of nitrogens with one attached hydrogen (secondary N) is 2. The summed E-state index contributed by atoms with van der Waals surface area (Å²) >= 11 is 14.0. The maximum Gasteiger partial charge on any atom is 0.315 e. The number of amides is 2. The monoisotopic (exact) mass is 381 g/mol. The minimum Gasteiger partial charge on any atom is -0.335 e. The number of nitrogens with zero attached hydrogens (tertiary/aromatic N) is 1. The van der Waals surface area contributed by atoms with E-state index in [0.717, 1.165) is 17.7 Å². The molecule has 2 fully saturated rings. The van der Waals surface area contributed by atoms with Crippen LogP contribution in [0.4, 0.5) is 4.79 Å². The molecule has 126 valence electrons. The Kier molecular flexibility index (Phi) is 4.41. The topological polar surface area (TPSA) is 54.0 Å². The number of aromatic nitrogens is 1. The number of hydrogen-bond donors (Lipinski definition) is 2. The highest BCUT2D eigenvalue weighted by molar-refractivity contribution is 7.09. The Balaban J connectivity index is 1.27. The number of hydrogen-bond acceptors (Lipinski definition) is 3. The van der Waals surface area contributed by atoms with Crippen LogP contribution in [0.3, 0.4) is 0 Å². The van der Waals surface area contributed by atoms with Gasteiger partial charge in [0.1, 0.15) is 0 Å². The van der Waals surface area contributed by atoms with Gasteiger partial charge in [0.2, 0.25) is 0 Å². The van der Waals surface area contributed by atoms with Crippen molar-refractivity contribution in [3.8, 4) is 0 Å². The van der Waals surface area contributed by atoms with Gasteiger partial charge in [-0.15, -0.1) is 11.3 Å². The Hall–Kier alpha value is -1.30. The zero-order valence-electron chi connectivity index (χ0n) is 12.9. The van der Waals surface area contributed by atoms with E-state index in [-0.39, 0.29) is 18.0 Å². The van der Waals surface area contributed by atoms with E-state index in [4.69, 9.17) is 23.2 Å². The molecule has 2 atom stereocenters. The zero-order valence-corrected chi connectivity index (χ0v) is 15.2. The van der Waals surface area contributed by atoms with E-state index in [9.17, 15) is 4.79 Å². The van der Waals surface area contributed by atoms with Crippen LogP contribution >= 0.6 is 34.5 Å². The number of carbonyl (C=O) groups excluding carboxylic acids is 1. The second-order valence-electron chi connectivity index (χ2n) is 6.37. The average Bonchev–Trinajstić information content (AvgIpc) is 3.49. The molecule has 2 aromatic rings. The number of urea groups is 1. The van der Waals surface area contributed by atoms with E-state index >= 15 is 0 Å². The van der Waals surface area contributed by atoms with Gasteiger partial charge in [-0.2, -0.15) is 0 Å². The second kappa shape index (κ2) is 6.54. The number of halogens is 2. The van der Waals surface area contributed by atoms with Gasteiger partial charge in [-0.1, -0.05) is 35.3 Å². The Morgan fingerprint density at radius 2 is 2.17 bits per heavy atom. The lowest BCUT2D eigenvalue weighted by Gasteiger charge is -2.08. The summed E-state index contributed by atoms with van der Waals surface area (Å²) in [4.78, 5) is 16.6. The SMILES string of the molecule is O=C(NCc1csc(C2CC2)n1)N[C@H]1C[C@@H]1c1cccc(Cl)c1Cl. The summed E-state index contributed by atoms with van der Waals surface area (Å²) in [5.74, 6) is 0.898. The Morgan fingerprint density at radius 1 is 1.33 bits per heavy atom. The molecule has 0 bridgehead atoms. The Morgan fingerprint density at radius 3 is 2.96 bits per heavy atom. The third-order valence-corrected chi connectivity index (χ3v) is 6.30. The van der Waals surface area contributed by atoms with Crippen LogP contribution < -0.4 is 10.6 Å². The first-order valence-corrected chi connectivity index (χ1v) is 9.68. The van der Waals surface area contributed by atoms with Crippen molar-refractivity contribution < 1.29 is 4.79 Å². The summed E-state index contributed by atoms with van der Waals surface area (Å²) in [5, 5.41) is 10.2. The molecule has 0 radical (unpaired) electrons. The van der Waals surface area contributed by atoms with Gasteiger partial charge in [0, 0.05) is 23.3 Å². The molecular weight excluding hydrogens is 365 g/mol. The van der Waals surface area contributed by atoms with E-state index in [2.05, 4.69) is 15.6 Å². The van der Waals surface area contributed by atoms with Crippen molar-refractivity contribution in [3.63, 3.8) is 0 Å². The fraction of sp³-hybridized carbons (Fsp3) is 0.412. The minimum absolute atomic E-state index is 0.110. The van der Waals surface area contributed by atoms with Gasteiger partial charge >= 0.3 is 6.03 Å². The van der Waals surface area contributed by atoms with Crippen molar-refractivity contribution in [2.24, 2.45) is 0 Å². The van der Waals surface area contributed by atoms with Crippen LogP contribution in [-0.2, 0) is 6.54 Å². The molecule has 2 aliphatic rings. The lowest BCUT2D eigenvalue weighted by atomic mass is 10.1. The first kappa shape index (κ1) is 16.2. The standard InChI is InChI=1S/C17H17Cl2N3OS/c18-13-3-1-2-11(15(13)19)12-6-14(12)22-17(23)20-7-10-8-24-16(21-10)9-4-5-9/h1-3,8-9,12,14H,4-7H2,(H2,20,22,23)/t12-,14+/m1/s1. The predicted octanol–water partition coefficient (Wildman–Crippen LogP) is 4.68. The summed E-state index contributed by atoms with van der Waals surface area (Å²) in [5.41, 5.74) is 1.94. The molecule has 4 nitrogen and oxygen atoms in total. The molecule has 2 saturated carbocycles. The van der Waals surface area contributed by atoms with E-state index in [1.165, 1.54) is 17.8 Å². The molecule has 1 aromatic carbocycles. The highest BCUT2D eigenvalue weighted by Gasteiger charge is 2.41. The van der Waals surface area contributed by atoms with Crippen LogP contribution in [0, 0.1) is 0 Å². The van der Waals surface area contributed by atoms with Crippen molar-refractivity contribution in [2.45, 2.75) is 43.7 Å². The zero-order chi connectivity index (χ0) is 16.7. The van der Waals surface area contributed by atoms with Crippen LogP contribution in [-0.4, -0.2) is 17.1 Å². The largest absolute Gasteiger partial charge is 0.335 e. The molecule has 1 aromatic heterocycles. The predicted molar refractivity (Wildman–Crippen MR) is 97.1 cm³/mol. The summed E-state index contributed by atoms with van der Waals surface area (Å²) in [6.45, 7) is 0.463. The molecule has 7 heteroatoms. The molecule has 24 heavy (non-hydrogen) atoms. The van der Waals surface area contributed by atoms with E-state index in [1.54, 1.807) is 17.4 Å². The van der Waals surface area contributed by atoms with Gasteiger partial charge in [-0.25, -0.2) is 9.78 Å². The summed E-state index contributed by atoms with van der Waals surface area (Å²) in [6.07, 6.45) is 3.38. The van der Waals surface area contributed by atoms with Crippen molar-refractivity contribution in [3.05, 3.63) is 49.9 Å². The van der Waals surface area contributed by atoms with Gasteiger partial charge in [0.05, 0.1) is 27.3 Å². The molecule has 4 rings (SSSR count). The van der Waals surface area contributed by atoms with E-state index in [1.807, 2.05) is 17.5 Å². The van der Waals surface area contributed by atoms with E-state index in [0.29, 0.717) is 22.5 Å². The molecule has 1 heterocycles. The molecule has 2 aliphatic carbocycles. The second-order valence-corrected chi connectivity index (χ2v) is 8.04. The van der Waals surface area contributed by atoms with Crippen molar-refractivity contribution in [1.82, 2.24) is 15.6 Å². The van der Waals surface area contributed by atoms with Crippen LogP contribution in [0.5, 0.6) is 0 Å². The number of carbonyl (C=O) groups is 1. The molecule has 0 aliphatic heterocycles. The summed E-state index contributed by atoms with van der Waals surface area (Å²) < 4.78 is 0. The van der Waals surface area contributed by atoms with Crippen LogP contribution in [0.15, 0.2) is 23.6 Å². The first-order valence-electron chi connectivity index (χ1n) is 8.04. The Labute approximate surface area is 154 Å². The number of rotatable bonds is 5. The van der Waals surface area contributed by atoms with Gasteiger partial charge in [0.25, 0.3) is 0 Å². The fourth-order valence-corrected chi connectivity index (χ4v) is 4.26. The Bertz CT molecular complexity index is 775. The number of benzene rings is 1. The van der Waals surface area contributed by atoms with Gasteiger partial charge < -0.3 is 10.6 Å². The first-order chi connectivity index (χ1) is 11.6. The normalized spacial score (nSPS) is 22.2. The highest BCUT2D eigenvalue weighted by atomic mass is 35.5. The molecular formula is C17H17Cl2N3OS. The summed E-state index contributed by atoms with van der Waals surface area (Å²) in [7, 11) is 0. The average molecular weight is 382 g/mol. The van der Waals surface area contributed by atoms with Gasteiger partial charge in [-0.3, -0.25) is 0 Å². The molecule has 2 N–H and O–H groups in total. The number of thiazole rings is 1. The van der Waals surface area contributed by atoms with Crippen molar-refractivity contribution in [2.75, 3.05) is 0 Å². The van der Waals surface area contributed by atoms with Gasteiger partial charge in [-0.05, 0) is 30.9 Å². The fourth-order valence-electron chi connectivity index (χ4n) is 2.82. The third kappa shape index (κ3) is 3.53.